The van der Waals surface area contributed by atoms with E-state index in [9.17, 15) is 0 Å². The van der Waals surface area contributed by atoms with Crippen LogP contribution >= 0.6 is 0 Å². The first-order valence-corrected chi connectivity index (χ1v) is 14.0. The van der Waals surface area contributed by atoms with E-state index in [4.69, 9.17) is 20.4 Å². The number of hydrogen-bond donors (Lipinski definition) is 4. The van der Waals surface area contributed by atoms with E-state index >= 15 is 0 Å². The Kier molecular flexibility index (Phi) is 59.7. The minimum absolute atomic E-state index is 0.322. The Hall–Kier alpha value is -3.34. The summed E-state index contributed by atoms with van der Waals surface area (Å²) in [6, 6.07) is 32.5. The van der Waals surface area contributed by atoms with E-state index in [0.717, 1.165) is 14.2 Å². The first-order chi connectivity index (χ1) is 19.1. The summed E-state index contributed by atoms with van der Waals surface area (Å²) < 4.78 is 0. The monoisotopic (exact) mass is 544 g/mol. The lowest BCUT2D eigenvalue weighted by atomic mass is 10.1. The molecule has 0 bridgehead atoms. The van der Waals surface area contributed by atoms with Gasteiger partial charge in [0.2, 0.25) is 0 Å². The lowest BCUT2D eigenvalue weighted by Crippen LogP contribution is -1.67. The number of aryl methyl sites for hydroxylation is 1. The number of benzene rings is 4. The summed E-state index contributed by atoms with van der Waals surface area (Å²) in [6.07, 6.45) is 0. The molecular formula is C35H60O4. The van der Waals surface area contributed by atoms with E-state index in [0.29, 0.717) is 11.5 Å². The SMILES string of the molecule is CC.CC.CC.CC.CC.CO.CO.Cc1ccc(O)cc1.Oc1ccccc1.c1ccc2ccccc2c1. The van der Waals surface area contributed by atoms with Crippen molar-refractivity contribution in [3.8, 4) is 11.5 Å². The zero-order chi connectivity index (χ0) is 31.9. The Labute approximate surface area is 241 Å². The third kappa shape index (κ3) is 34.7. The summed E-state index contributed by atoms with van der Waals surface area (Å²) in [6.45, 7) is 22.0. The van der Waals surface area contributed by atoms with Gasteiger partial charge in [0.05, 0.1) is 0 Å². The number of phenolic OH excluding ortho intramolecular Hbond substituents is 2. The van der Waals surface area contributed by atoms with Crippen LogP contribution in [0.4, 0.5) is 0 Å². The van der Waals surface area contributed by atoms with Crippen molar-refractivity contribution in [2.45, 2.75) is 76.2 Å². The second-order valence-electron chi connectivity index (χ2n) is 5.52. The molecule has 4 N–H and O–H groups in total. The summed E-state index contributed by atoms with van der Waals surface area (Å²) in [5.41, 5.74) is 1.17. The van der Waals surface area contributed by atoms with E-state index in [1.165, 1.54) is 16.3 Å². The van der Waals surface area contributed by atoms with Crippen LogP contribution in [-0.4, -0.2) is 34.6 Å². The largest absolute Gasteiger partial charge is 0.508 e. The number of aliphatic hydroxyl groups is 2. The third-order valence-corrected chi connectivity index (χ3v) is 3.45. The van der Waals surface area contributed by atoms with Gasteiger partial charge >= 0.3 is 0 Å². The maximum absolute atomic E-state index is 8.76. The molecule has 0 atom stereocenters. The van der Waals surface area contributed by atoms with Crippen molar-refractivity contribution in [1.82, 2.24) is 0 Å². The molecule has 0 radical (unpaired) electrons. The van der Waals surface area contributed by atoms with E-state index in [2.05, 4.69) is 48.5 Å². The fourth-order valence-electron chi connectivity index (χ4n) is 2.11. The highest BCUT2D eigenvalue weighted by molar-refractivity contribution is 5.82. The van der Waals surface area contributed by atoms with Crippen molar-refractivity contribution >= 4 is 10.8 Å². The van der Waals surface area contributed by atoms with Gasteiger partial charge in [-0.3, -0.25) is 0 Å². The van der Waals surface area contributed by atoms with Crippen LogP contribution in [0.5, 0.6) is 11.5 Å². The van der Waals surface area contributed by atoms with Gasteiger partial charge in [-0.05, 0) is 42.0 Å². The summed E-state index contributed by atoms with van der Waals surface area (Å²) in [7, 11) is 2.00. The third-order valence-electron chi connectivity index (χ3n) is 3.45. The Morgan fingerprint density at radius 2 is 0.564 bits per heavy atom. The highest BCUT2D eigenvalue weighted by atomic mass is 16.3. The van der Waals surface area contributed by atoms with Crippen molar-refractivity contribution in [1.29, 1.82) is 0 Å². The van der Waals surface area contributed by atoms with Gasteiger partial charge < -0.3 is 20.4 Å². The first kappa shape index (κ1) is 48.7. The van der Waals surface area contributed by atoms with E-state index in [-0.39, 0.29) is 0 Å². The van der Waals surface area contributed by atoms with Crippen LogP contribution in [0.25, 0.3) is 10.8 Å². The number of aliphatic hydroxyl groups excluding tert-OH is 2. The van der Waals surface area contributed by atoms with Crippen LogP contribution in [-0.2, 0) is 0 Å². The minimum Gasteiger partial charge on any atom is -0.508 e. The molecule has 0 saturated heterocycles. The number of aromatic hydroxyl groups is 2. The summed E-state index contributed by atoms with van der Waals surface area (Å²) >= 11 is 0. The molecule has 4 nitrogen and oxygen atoms in total. The van der Waals surface area contributed by atoms with Crippen LogP contribution in [0.3, 0.4) is 0 Å². The van der Waals surface area contributed by atoms with E-state index < -0.39 is 0 Å². The molecule has 4 heteroatoms. The van der Waals surface area contributed by atoms with Crippen LogP contribution in [0.15, 0.2) is 103 Å². The van der Waals surface area contributed by atoms with Gasteiger partial charge in [-0.1, -0.05) is 154 Å². The van der Waals surface area contributed by atoms with Gasteiger partial charge in [0, 0.05) is 14.2 Å². The van der Waals surface area contributed by atoms with Crippen LogP contribution < -0.4 is 0 Å². The molecule has 0 saturated carbocycles. The van der Waals surface area contributed by atoms with Crippen molar-refractivity contribution in [2.24, 2.45) is 0 Å². The van der Waals surface area contributed by atoms with Crippen molar-refractivity contribution in [3.63, 3.8) is 0 Å². The van der Waals surface area contributed by atoms with Crippen molar-refractivity contribution < 1.29 is 20.4 Å². The molecule has 0 aromatic heterocycles. The molecule has 4 rings (SSSR count). The zero-order valence-electron chi connectivity index (χ0n) is 27.1. The fourth-order valence-corrected chi connectivity index (χ4v) is 2.11. The summed E-state index contributed by atoms with van der Waals surface area (Å²) in [5, 5.41) is 34.0. The van der Waals surface area contributed by atoms with Gasteiger partial charge in [-0.25, -0.2) is 0 Å². The fraction of sp³-hybridized carbons (Fsp3) is 0.371. The maximum Gasteiger partial charge on any atom is 0.115 e. The Balaban J connectivity index is -0.0000000862. The predicted octanol–water partition coefficient (Wildman–Crippen LogP) is 10.3. The zero-order valence-corrected chi connectivity index (χ0v) is 27.1. The predicted molar refractivity (Wildman–Crippen MR) is 178 cm³/mol. The van der Waals surface area contributed by atoms with Crippen LogP contribution in [0.2, 0.25) is 0 Å². The Morgan fingerprint density at radius 1 is 0.333 bits per heavy atom. The van der Waals surface area contributed by atoms with Crippen molar-refractivity contribution in [3.05, 3.63) is 109 Å². The maximum atomic E-state index is 8.76. The number of phenols is 2. The molecule has 0 spiro atoms. The molecule has 0 aliphatic heterocycles. The standard InChI is InChI=1S/C10H8.C7H8O.C6H6O.5C2H6.2CH4O/c1-2-6-10-8-4-3-7-9(10)5-1;1-6-2-4-7(8)5-3-6;7-6-4-2-1-3-5-6;7*1-2/h1-8H;2-5,8H,1H3;1-5,7H;5*1-2H3;2*2H,1H3. The quantitative estimate of drug-likeness (QED) is 0.177. The van der Waals surface area contributed by atoms with Gasteiger partial charge in [-0.15, -0.1) is 0 Å². The normalized spacial score (nSPS) is 7.05. The van der Waals surface area contributed by atoms with E-state index in [1.54, 1.807) is 36.4 Å². The molecule has 0 unspecified atom stereocenters. The van der Waals surface area contributed by atoms with Crippen molar-refractivity contribution in [2.75, 3.05) is 14.2 Å². The number of fused-ring (bicyclic) bond motifs is 1. The molecule has 39 heavy (non-hydrogen) atoms. The lowest BCUT2D eigenvalue weighted by Gasteiger charge is -1.92. The molecule has 0 amide bonds. The molecule has 0 aliphatic carbocycles. The molecule has 4 aromatic carbocycles. The molecular weight excluding hydrogens is 484 g/mol. The van der Waals surface area contributed by atoms with E-state index in [1.807, 2.05) is 94.4 Å². The van der Waals surface area contributed by atoms with Gasteiger partial charge in [0.15, 0.2) is 0 Å². The Bertz CT molecular complexity index is 791. The number of hydrogen-bond acceptors (Lipinski definition) is 4. The number of para-hydroxylation sites is 1. The van der Waals surface area contributed by atoms with Gasteiger partial charge in [0.25, 0.3) is 0 Å². The molecule has 0 heterocycles. The molecule has 4 aromatic rings. The lowest BCUT2D eigenvalue weighted by molar-refractivity contribution is 0.399. The second-order valence-corrected chi connectivity index (χ2v) is 5.52. The second kappa shape index (κ2) is 47.8. The topological polar surface area (TPSA) is 80.9 Å². The smallest absolute Gasteiger partial charge is 0.115 e. The Morgan fingerprint density at radius 3 is 0.769 bits per heavy atom. The van der Waals surface area contributed by atoms with Crippen LogP contribution in [0, 0.1) is 6.92 Å². The molecule has 0 fully saturated rings. The average molecular weight is 545 g/mol. The molecule has 0 aliphatic rings. The number of rotatable bonds is 0. The highest BCUT2D eigenvalue weighted by Crippen LogP contribution is 2.11. The first-order valence-electron chi connectivity index (χ1n) is 14.0. The summed E-state index contributed by atoms with van der Waals surface area (Å²) in [4.78, 5) is 0. The minimum atomic E-state index is 0.322. The van der Waals surface area contributed by atoms with Gasteiger partial charge in [0.1, 0.15) is 11.5 Å². The molecule has 224 valence electrons. The van der Waals surface area contributed by atoms with Crippen LogP contribution in [0.1, 0.15) is 74.8 Å². The summed E-state index contributed by atoms with van der Waals surface area (Å²) in [5.74, 6) is 0.651. The van der Waals surface area contributed by atoms with Gasteiger partial charge in [-0.2, -0.15) is 0 Å². The average Bonchev–Trinajstić information content (AvgIpc) is 3.06. The highest BCUT2D eigenvalue weighted by Gasteiger charge is 1.85.